The van der Waals surface area contributed by atoms with Gasteiger partial charge in [-0.3, -0.25) is 4.79 Å². The van der Waals surface area contributed by atoms with Crippen LogP contribution in [-0.4, -0.2) is 41.3 Å². The number of aromatic amines is 1. The number of nitrogens with one attached hydrogen (secondary N) is 1. The largest absolute Gasteiger partial charge is 0.508 e. The summed E-state index contributed by atoms with van der Waals surface area (Å²) in [4.78, 5) is 26.3. The normalized spacial score (nSPS) is 12.1. The number of unbranched alkanes of at least 4 members (excludes halogenated alkanes) is 1. The number of benzene rings is 1. The Balaban J connectivity index is 1.87. The number of ether oxygens (including phenoxy) is 2. The number of phenols is 1. The van der Waals surface area contributed by atoms with Crippen LogP contribution >= 0.6 is 0 Å². The lowest BCUT2D eigenvalue weighted by Gasteiger charge is -2.11. The van der Waals surface area contributed by atoms with E-state index >= 15 is 0 Å². The van der Waals surface area contributed by atoms with Crippen LogP contribution in [-0.2, 0) is 25.5 Å². The molecule has 0 amide bonds. The number of nitrogens with two attached hydrogens (primary N) is 1. The summed E-state index contributed by atoms with van der Waals surface area (Å²) in [6.07, 6.45) is 3.65. The Labute approximate surface area is 139 Å². The predicted octanol–water partition coefficient (Wildman–Crippen LogP) is 1.63. The van der Waals surface area contributed by atoms with Crippen molar-refractivity contribution in [2.24, 2.45) is 5.73 Å². The van der Waals surface area contributed by atoms with Gasteiger partial charge in [0, 0.05) is 23.5 Å². The monoisotopic (exact) mass is 334 g/mol. The first kappa shape index (κ1) is 17.8. The van der Waals surface area contributed by atoms with Crippen LogP contribution in [0.15, 0.2) is 24.4 Å². The topological polar surface area (TPSA) is 115 Å². The lowest BCUT2D eigenvalue weighted by Crippen LogP contribution is -2.35. The highest BCUT2D eigenvalue weighted by Crippen LogP contribution is 2.23. The number of aromatic nitrogens is 1. The Morgan fingerprint density at radius 1 is 1.33 bits per heavy atom. The maximum atomic E-state index is 11.9. The average Bonchev–Trinajstić information content (AvgIpc) is 2.95. The van der Waals surface area contributed by atoms with Gasteiger partial charge in [-0.25, -0.2) is 4.79 Å². The SMILES string of the molecule is CCCCOC(=O)COC(=O)[C@@H](N)Cc1c[nH]c2ccc(O)cc12. The van der Waals surface area contributed by atoms with Gasteiger partial charge in [0.05, 0.1) is 6.61 Å². The Bertz CT molecular complexity index is 710. The van der Waals surface area contributed by atoms with Crippen LogP contribution in [0.5, 0.6) is 5.75 Å². The summed E-state index contributed by atoms with van der Waals surface area (Å²) >= 11 is 0. The second kappa shape index (κ2) is 8.35. The van der Waals surface area contributed by atoms with E-state index in [4.69, 9.17) is 15.2 Å². The number of rotatable bonds is 8. The molecular weight excluding hydrogens is 312 g/mol. The summed E-state index contributed by atoms with van der Waals surface area (Å²) in [6, 6.07) is 4.00. The molecule has 7 heteroatoms. The van der Waals surface area contributed by atoms with Gasteiger partial charge in [0.1, 0.15) is 11.8 Å². The Kier molecular flexibility index (Phi) is 6.20. The molecular formula is C17H22N2O5. The van der Waals surface area contributed by atoms with Crippen molar-refractivity contribution in [3.05, 3.63) is 30.0 Å². The summed E-state index contributed by atoms with van der Waals surface area (Å²) in [5.74, 6) is -1.12. The van der Waals surface area contributed by atoms with Crippen molar-refractivity contribution in [2.45, 2.75) is 32.2 Å². The molecule has 0 radical (unpaired) electrons. The molecule has 2 rings (SSSR count). The fourth-order valence-electron chi connectivity index (χ4n) is 2.26. The highest BCUT2D eigenvalue weighted by molar-refractivity contribution is 5.86. The van der Waals surface area contributed by atoms with Gasteiger partial charge in [-0.15, -0.1) is 0 Å². The third kappa shape index (κ3) is 4.73. The van der Waals surface area contributed by atoms with E-state index in [-0.39, 0.29) is 12.2 Å². The van der Waals surface area contributed by atoms with Crippen LogP contribution < -0.4 is 5.73 Å². The summed E-state index contributed by atoms with van der Waals surface area (Å²) in [5.41, 5.74) is 7.47. The second-order valence-electron chi connectivity index (χ2n) is 5.54. The number of esters is 2. The number of carbonyl (C=O) groups is 2. The highest BCUT2D eigenvalue weighted by atomic mass is 16.6. The number of hydrogen-bond acceptors (Lipinski definition) is 6. The van der Waals surface area contributed by atoms with Crippen LogP contribution in [0.4, 0.5) is 0 Å². The third-order valence-electron chi connectivity index (χ3n) is 3.59. The number of fused-ring (bicyclic) bond motifs is 1. The Morgan fingerprint density at radius 3 is 2.88 bits per heavy atom. The van der Waals surface area contributed by atoms with Gasteiger partial charge in [0.2, 0.25) is 0 Å². The third-order valence-corrected chi connectivity index (χ3v) is 3.59. The zero-order valence-electron chi connectivity index (χ0n) is 13.6. The van der Waals surface area contributed by atoms with Crippen LogP contribution in [0.3, 0.4) is 0 Å². The smallest absolute Gasteiger partial charge is 0.344 e. The minimum atomic E-state index is -0.908. The summed E-state index contributed by atoms with van der Waals surface area (Å²) < 4.78 is 9.78. The maximum absolute atomic E-state index is 11.9. The van der Waals surface area contributed by atoms with Gasteiger partial charge in [0.25, 0.3) is 0 Å². The van der Waals surface area contributed by atoms with Crippen molar-refractivity contribution in [1.29, 1.82) is 0 Å². The molecule has 0 bridgehead atoms. The molecule has 1 atom stereocenters. The number of aromatic hydroxyl groups is 1. The Hall–Kier alpha value is -2.54. The van der Waals surface area contributed by atoms with E-state index in [1.807, 2.05) is 6.92 Å². The van der Waals surface area contributed by atoms with E-state index < -0.39 is 24.6 Å². The molecule has 0 aliphatic carbocycles. The molecule has 0 saturated carbocycles. The number of phenolic OH excluding ortho intramolecular Hbond substituents is 1. The second-order valence-corrected chi connectivity index (χ2v) is 5.54. The first-order chi connectivity index (χ1) is 11.5. The van der Waals surface area contributed by atoms with Crippen molar-refractivity contribution in [3.63, 3.8) is 0 Å². The standard InChI is InChI=1S/C17H22N2O5/c1-2-3-6-23-16(21)10-24-17(22)14(18)7-11-9-19-15-5-4-12(20)8-13(11)15/h4-5,8-9,14,19-20H,2-3,6-7,10,18H2,1H3/t14-/m0/s1. The van der Waals surface area contributed by atoms with E-state index in [2.05, 4.69) is 4.98 Å². The van der Waals surface area contributed by atoms with Crippen molar-refractivity contribution in [3.8, 4) is 5.75 Å². The number of carbonyl (C=O) groups excluding carboxylic acids is 2. The number of hydrogen-bond donors (Lipinski definition) is 3. The summed E-state index contributed by atoms with van der Waals surface area (Å²) in [5, 5.41) is 10.4. The molecule has 0 saturated heterocycles. The molecule has 0 aliphatic rings. The molecule has 1 heterocycles. The molecule has 0 fully saturated rings. The van der Waals surface area contributed by atoms with E-state index in [0.29, 0.717) is 6.61 Å². The minimum absolute atomic E-state index is 0.134. The van der Waals surface area contributed by atoms with Crippen LogP contribution in [0, 0.1) is 0 Å². The quantitative estimate of drug-likeness (QED) is 0.499. The Morgan fingerprint density at radius 2 is 2.12 bits per heavy atom. The molecule has 2 aromatic rings. The fourth-order valence-corrected chi connectivity index (χ4v) is 2.26. The molecule has 1 aromatic carbocycles. The molecule has 7 nitrogen and oxygen atoms in total. The molecule has 0 unspecified atom stereocenters. The molecule has 24 heavy (non-hydrogen) atoms. The summed E-state index contributed by atoms with van der Waals surface area (Å²) in [7, 11) is 0. The van der Waals surface area contributed by atoms with E-state index in [1.165, 1.54) is 0 Å². The molecule has 4 N–H and O–H groups in total. The van der Waals surface area contributed by atoms with Crippen molar-refractivity contribution < 1.29 is 24.2 Å². The van der Waals surface area contributed by atoms with Gasteiger partial charge in [-0.05, 0) is 30.2 Å². The first-order valence-corrected chi connectivity index (χ1v) is 7.88. The van der Waals surface area contributed by atoms with Gasteiger partial charge in [0.15, 0.2) is 6.61 Å². The molecule has 0 aliphatic heterocycles. The zero-order valence-corrected chi connectivity index (χ0v) is 13.6. The average molecular weight is 334 g/mol. The van der Waals surface area contributed by atoms with Crippen molar-refractivity contribution in [1.82, 2.24) is 4.98 Å². The van der Waals surface area contributed by atoms with E-state index in [0.717, 1.165) is 29.3 Å². The van der Waals surface area contributed by atoms with Crippen LogP contribution in [0.1, 0.15) is 25.3 Å². The first-order valence-electron chi connectivity index (χ1n) is 7.88. The van der Waals surface area contributed by atoms with E-state index in [9.17, 15) is 14.7 Å². The summed E-state index contributed by atoms with van der Waals surface area (Å²) in [6.45, 7) is 1.86. The fraction of sp³-hybridized carbons (Fsp3) is 0.412. The number of H-pyrrole nitrogens is 1. The van der Waals surface area contributed by atoms with Gasteiger partial charge < -0.3 is 25.3 Å². The molecule has 1 aromatic heterocycles. The minimum Gasteiger partial charge on any atom is -0.508 e. The van der Waals surface area contributed by atoms with Crippen molar-refractivity contribution >= 4 is 22.8 Å². The maximum Gasteiger partial charge on any atom is 0.344 e. The van der Waals surface area contributed by atoms with Crippen LogP contribution in [0.25, 0.3) is 10.9 Å². The predicted molar refractivity (Wildman–Crippen MR) is 88.5 cm³/mol. The highest BCUT2D eigenvalue weighted by Gasteiger charge is 2.19. The van der Waals surface area contributed by atoms with Gasteiger partial charge in [-0.1, -0.05) is 13.3 Å². The van der Waals surface area contributed by atoms with Crippen molar-refractivity contribution in [2.75, 3.05) is 13.2 Å². The van der Waals surface area contributed by atoms with Crippen LogP contribution in [0.2, 0.25) is 0 Å². The lowest BCUT2D eigenvalue weighted by molar-refractivity contribution is -0.159. The van der Waals surface area contributed by atoms with Gasteiger partial charge >= 0.3 is 11.9 Å². The lowest BCUT2D eigenvalue weighted by atomic mass is 10.1. The molecule has 130 valence electrons. The molecule has 0 spiro atoms. The van der Waals surface area contributed by atoms with Gasteiger partial charge in [-0.2, -0.15) is 0 Å². The van der Waals surface area contributed by atoms with E-state index in [1.54, 1.807) is 24.4 Å². The zero-order chi connectivity index (χ0) is 17.5.